The Labute approximate surface area is 224 Å². The lowest BCUT2D eigenvalue weighted by Gasteiger charge is -2.21. The molecule has 1 saturated heterocycles. The van der Waals surface area contributed by atoms with E-state index in [9.17, 15) is 23.1 Å². The number of aliphatic hydroxyl groups excluding tert-OH is 1. The predicted molar refractivity (Wildman–Crippen MR) is 139 cm³/mol. The van der Waals surface area contributed by atoms with Crippen molar-refractivity contribution in [3.63, 3.8) is 0 Å². The number of urea groups is 1. The molecule has 2 aromatic carbocycles. The number of ether oxygens (including phenoxy) is 2. The predicted octanol–water partition coefficient (Wildman–Crippen LogP) is 3.59. The maximum Gasteiger partial charge on any atom is 0.320 e. The summed E-state index contributed by atoms with van der Waals surface area (Å²) in [5, 5.41) is 19.8. The van der Waals surface area contributed by atoms with Gasteiger partial charge >= 0.3 is 6.03 Å². The van der Waals surface area contributed by atoms with Crippen molar-refractivity contribution in [2.45, 2.75) is 31.9 Å². The van der Waals surface area contributed by atoms with Crippen molar-refractivity contribution in [3.8, 4) is 11.6 Å². The van der Waals surface area contributed by atoms with Crippen LogP contribution in [0.5, 0.6) is 5.88 Å². The van der Waals surface area contributed by atoms with E-state index in [2.05, 4.69) is 15.7 Å². The van der Waals surface area contributed by atoms with Gasteiger partial charge in [0.1, 0.15) is 12.4 Å². The summed E-state index contributed by atoms with van der Waals surface area (Å²) >= 11 is 0. The van der Waals surface area contributed by atoms with E-state index in [1.165, 1.54) is 4.68 Å². The molecule has 1 fully saturated rings. The third kappa shape index (κ3) is 6.70. The average molecular weight is 548 g/mol. The monoisotopic (exact) mass is 547 g/mol. The van der Waals surface area contributed by atoms with Crippen molar-refractivity contribution in [3.05, 3.63) is 71.0 Å². The first-order valence-electron chi connectivity index (χ1n) is 12.6. The Kier molecular flexibility index (Phi) is 9.10. The SMILES string of the molecule is COCCN1C[C@@H](NC(=O)Nc2c(C)c(OC[C@H](C)O)nn2-c2ccccc2)[C@H](c2cc(F)c(F)c(F)c2)C1. The molecule has 4 rings (SSSR count). The lowest BCUT2D eigenvalue weighted by Crippen LogP contribution is -2.42. The van der Waals surface area contributed by atoms with E-state index in [-0.39, 0.29) is 18.1 Å². The number of aromatic nitrogens is 2. The second-order valence-electron chi connectivity index (χ2n) is 9.55. The highest BCUT2D eigenvalue weighted by Crippen LogP contribution is 2.31. The van der Waals surface area contributed by atoms with Gasteiger partial charge in [-0.1, -0.05) is 18.2 Å². The Morgan fingerprint density at radius 3 is 2.51 bits per heavy atom. The third-order valence-electron chi connectivity index (χ3n) is 6.53. The summed E-state index contributed by atoms with van der Waals surface area (Å²) in [4.78, 5) is 15.3. The Balaban J connectivity index is 1.58. The van der Waals surface area contributed by atoms with E-state index in [1.54, 1.807) is 21.0 Å². The molecule has 0 spiro atoms. The molecule has 210 valence electrons. The van der Waals surface area contributed by atoms with Crippen LogP contribution < -0.4 is 15.4 Å². The fourth-order valence-corrected chi connectivity index (χ4v) is 4.59. The largest absolute Gasteiger partial charge is 0.474 e. The minimum Gasteiger partial charge on any atom is -0.474 e. The van der Waals surface area contributed by atoms with Crippen molar-refractivity contribution in [1.29, 1.82) is 0 Å². The van der Waals surface area contributed by atoms with Crippen LogP contribution in [-0.2, 0) is 4.74 Å². The first-order chi connectivity index (χ1) is 18.7. The third-order valence-corrected chi connectivity index (χ3v) is 6.53. The van der Waals surface area contributed by atoms with E-state index in [0.717, 1.165) is 12.1 Å². The molecule has 0 saturated carbocycles. The number of nitrogens with zero attached hydrogens (tertiary/aromatic N) is 3. The van der Waals surface area contributed by atoms with Gasteiger partial charge in [-0.05, 0) is 43.7 Å². The number of carbonyl (C=O) groups excluding carboxylic acids is 1. The molecule has 12 heteroatoms. The van der Waals surface area contributed by atoms with Crippen LogP contribution in [0.15, 0.2) is 42.5 Å². The van der Waals surface area contributed by atoms with E-state index in [1.807, 2.05) is 35.2 Å². The summed E-state index contributed by atoms with van der Waals surface area (Å²) in [5.74, 6) is -4.00. The fourth-order valence-electron chi connectivity index (χ4n) is 4.59. The molecule has 3 atom stereocenters. The van der Waals surface area contributed by atoms with Gasteiger partial charge in [-0.25, -0.2) is 22.6 Å². The van der Waals surface area contributed by atoms with Crippen LogP contribution in [0.2, 0.25) is 0 Å². The molecule has 39 heavy (non-hydrogen) atoms. The first kappa shape index (κ1) is 28.4. The molecule has 0 bridgehead atoms. The average Bonchev–Trinajstić information content (AvgIpc) is 3.45. The number of methoxy groups -OCH3 is 1. The lowest BCUT2D eigenvalue weighted by atomic mass is 9.94. The molecule has 3 N–H and O–H groups in total. The van der Waals surface area contributed by atoms with E-state index >= 15 is 0 Å². The summed E-state index contributed by atoms with van der Waals surface area (Å²) in [6.45, 7) is 5.09. The van der Waals surface area contributed by atoms with Gasteiger partial charge in [-0.2, -0.15) is 0 Å². The molecule has 0 aliphatic carbocycles. The molecule has 1 aliphatic rings. The van der Waals surface area contributed by atoms with Crippen molar-refractivity contribution >= 4 is 11.8 Å². The zero-order chi connectivity index (χ0) is 28.1. The molecular weight excluding hydrogens is 515 g/mol. The quantitative estimate of drug-likeness (QED) is 0.336. The van der Waals surface area contributed by atoms with E-state index < -0.39 is 41.5 Å². The topological polar surface area (TPSA) is 101 Å². The Morgan fingerprint density at radius 1 is 1.18 bits per heavy atom. The highest BCUT2D eigenvalue weighted by atomic mass is 19.2. The normalized spacial score (nSPS) is 18.2. The van der Waals surface area contributed by atoms with Gasteiger partial charge in [-0.3, -0.25) is 10.2 Å². The Morgan fingerprint density at radius 2 is 1.87 bits per heavy atom. The molecule has 1 aromatic heterocycles. The number of hydrogen-bond donors (Lipinski definition) is 3. The van der Waals surface area contributed by atoms with Crippen LogP contribution in [0, 0.1) is 24.4 Å². The number of carbonyl (C=O) groups is 1. The number of nitrogens with one attached hydrogen (secondary N) is 2. The minimum absolute atomic E-state index is 0.0180. The standard InChI is InChI=1S/C27H32F3N5O4/c1-16(36)15-39-26-17(2)25(35(33-26)19-7-5-4-6-8-19)32-27(37)31-23-14-34(9-10-38-3)13-20(23)18-11-21(28)24(30)22(29)12-18/h4-8,11-12,16,20,23,36H,9-10,13-15H2,1-3H3,(H2,31,32,37)/t16-,20-,23+/m0/s1. The number of amides is 2. The summed E-state index contributed by atoms with van der Waals surface area (Å²) in [6, 6.07) is 9.96. The lowest BCUT2D eigenvalue weighted by molar-refractivity contribution is 0.119. The molecule has 3 aromatic rings. The molecular formula is C27H32F3N5O4. The summed E-state index contributed by atoms with van der Waals surface area (Å²) in [7, 11) is 1.57. The highest BCUT2D eigenvalue weighted by molar-refractivity contribution is 5.90. The zero-order valence-electron chi connectivity index (χ0n) is 22.0. The zero-order valence-corrected chi connectivity index (χ0v) is 22.0. The first-order valence-corrected chi connectivity index (χ1v) is 12.6. The maximum atomic E-state index is 14.0. The second kappa shape index (κ2) is 12.5. The second-order valence-corrected chi connectivity index (χ2v) is 9.55. The van der Waals surface area contributed by atoms with Gasteiger partial charge < -0.3 is 19.9 Å². The van der Waals surface area contributed by atoms with Gasteiger partial charge in [0, 0.05) is 32.7 Å². The van der Waals surface area contributed by atoms with Gasteiger partial charge in [-0.15, -0.1) is 5.10 Å². The van der Waals surface area contributed by atoms with Crippen molar-refractivity contribution < 1.29 is 32.5 Å². The maximum absolute atomic E-state index is 14.0. The molecule has 1 aliphatic heterocycles. The number of likely N-dealkylation sites (tertiary alicyclic amines) is 1. The van der Waals surface area contributed by atoms with Crippen LogP contribution in [0.4, 0.5) is 23.8 Å². The van der Waals surface area contributed by atoms with Crippen molar-refractivity contribution in [1.82, 2.24) is 20.0 Å². The number of aliphatic hydroxyl groups is 1. The van der Waals surface area contributed by atoms with E-state index in [0.29, 0.717) is 43.3 Å². The Hall–Kier alpha value is -3.61. The smallest absolute Gasteiger partial charge is 0.320 e. The summed E-state index contributed by atoms with van der Waals surface area (Å²) in [5.41, 5.74) is 1.46. The molecule has 9 nitrogen and oxygen atoms in total. The minimum atomic E-state index is -1.53. The van der Waals surface area contributed by atoms with Gasteiger partial charge in [0.25, 0.3) is 0 Å². The molecule has 0 radical (unpaired) electrons. The van der Waals surface area contributed by atoms with Crippen molar-refractivity contribution in [2.75, 3.05) is 45.3 Å². The van der Waals surface area contributed by atoms with Crippen LogP contribution in [0.1, 0.15) is 24.0 Å². The van der Waals surface area contributed by atoms with Gasteiger partial charge in [0.2, 0.25) is 5.88 Å². The summed E-state index contributed by atoms with van der Waals surface area (Å²) < 4.78 is 54.0. The van der Waals surface area contributed by atoms with Gasteiger partial charge in [0.15, 0.2) is 17.5 Å². The van der Waals surface area contributed by atoms with Crippen molar-refractivity contribution in [2.24, 2.45) is 0 Å². The number of para-hydroxylation sites is 1. The number of anilines is 1. The fraction of sp³-hybridized carbons (Fsp3) is 0.407. The van der Waals surface area contributed by atoms with Crippen LogP contribution in [0.25, 0.3) is 5.69 Å². The van der Waals surface area contributed by atoms with Crippen LogP contribution in [-0.4, -0.2) is 77.9 Å². The molecule has 2 amide bonds. The molecule has 0 unspecified atom stereocenters. The van der Waals surface area contributed by atoms with Crippen LogP contribution in [0.3, 0.4) is 0 Å². The molecule has 2 heterocycles. The van der Waals surface area contributed by atoms with Crippen LogP contribution >= 0.6 is 0 Å². The Bertz CT molecular complexity index is 1260. The summed E-state index contributed by atoms with van der Waals surface area (Å²) in [6.07, 6.45) is -0.715. The number of rotatable bonds is 10. The highest BCUT2D eigenvalue weighted by Gasteiger charge is 2.36. The number of hydrogen-bond acceptors (Lipinski definition) is 6. The van der Waals surface area contributed by atoms with Gasteiger partial charge in [0.05, 0.1) is 30.0 Å². The van der Waals surface area contributed by atoms with E-state index in [4.69, 9.17) is 9.47 Å². The number of halogens is 3. The number of benzene rings is 2.